The Hall–Kier alpha value is -3.93. The average Bonchev–Trinajstić information content (AvgIpc) is 2.94. The van der Waals surface area contributed by atoms with Gasteiger partial charge in [0, 0.05) is 35.9 Å². The van der Waals surface area contributed by atoms with Crippen LogP contribution in [0.3, 0.4) is 0 Å². The van der Waals surface area contributed by atoms with Gasteiger partial charge in [0.1, 0.15) is 0 Å². The number of amides is 3. The lowest BCUT2D eigenvalue weighted by molar-refractivity contribution is -0.120. The number of carbonyl (C=O) groups is 3. The van der Waals surface area contributed by atoms with Crippen molar-refractivity contribution in [1.82, 2.24) is 10.2 Å². The Morgan fingerprint density at radius 2 is 1.44 bits per heavy atom. The summed E-state index contributed by atoms with van der Waals surface area (Å²) in [7, 11) is 0. The number of carbonyl (C=O) groups excluding carboxylic acids is 3. The molecule has 0 aliphatic carbocycles. The van der Waals surface area contributed by atoms with Gasteiger partial charge in [-0.05, 0) is 68.0 Å². The molecular formula is C33H41N3O3. The zero-order valence-corrected chi connectivity index (χ0v) is 23.6. The van der Waals surface area contributed by atoms with E-state index in [1.165, 1.54) is 0 Å². The van der Waals surface area contributed by atoms with Gasteiger partial charge in [0.05, 0.1) is 5.92 Å². The average molecular weight is 528 g/mol. The number of nitrogens with one attached hydrogen (secondary N) is 2. The summed E-state index contributed by atoms with van der Waals surface area (Å²) in [5.74, 6) is -0.960. The van der Waals surface area contributed by atoms with Gasteiger partial charge in [-0.3, -0.25) is 14.4 Å². The van der Waals surface area contributed by atoms with Crippen LogP contribution >= 0.6 is 0 Å². The summed E-state index contributed by atoms with van der Waals surface area (Å²) in [6.07, 6.45) is 2.80. The van der Waals surface area contributed by atoms with E-state index in [1.807, 2.05) is 87.2 Å². The molecule has 2 N–H and O–H groups in total. The standard InChI is InChI=1S/C33H41N3O3/c1-5-20-36(21-6-2)33(39)27-18-13-17-26(23-27)31(37)35-30(22-25-15-9-8-10-16-25)28(7-3)32(38)34-29-19-12-11-14-24(29)4/h8-19,23,28,30H,5-7,20-22H2,1-4H3,(H,34,38)(H,35,37)/t28-,30-/m1/s1. The number of para-hydroxylation sites is 1. The third-order valence-electron chi connectivity index (χ3n) is 6.93. The normalized spacial score (nSPS) is 12.3. The third kappa shape index (κ3) is 8.28. The van der Waals surface area contributed by atoms with E-state index in [4.69, 9.17) is 0 Å². The topological polar surface area (TPSA) is 78.5 Å². The summed E-state index contributed by atoms with van der Waals surface area (Å²) in [4.78, 5) is 42.0. The maximum Gasteiger partial charge on any atom is 0.253 e. The Labute approximate surface area is 232 Å². The molecule has 0 saturated heterocycles. The van der Waals surface area contributed by atoms with Crippen LogP contribution in [-0.2, 0) is 11.2 Å². The molecule has 3 aromatic carbocycles. The van der Waals surface area contributed by atoms with Gasteiger partial charge in [0.15, 0.2) is 0 Å². The number of hydrogen-bond donors (Lipinski definition) is 2. The van der Waals surface area contributed by atoms with Gasteiger partial charge in [-0.2, -0.15) is 0 Å². The number of rotatable bonds is 13. The molecule has 3 amide bonds. The minimum atomic E-state index is -0.455. The Kier molecular flexibility index (Phi) is 11.3. The fourth-order valence-corrected chi connectivity index (χ4v) is 4.84. The molecule has 0 radical (unpaired) electrons. The second-order valence-electron chi connectivity index (χ2n) is 9.96. The van der Waals surface area contributed by atoms with Crippen LogP contribution in [0.5, 0.6) is 0 Å². The Bertz CT molecular complexity index is 1240. The molecule has 0 unspecified atom stereocenters. The number of nitrogens with zero attached hydrogens (tertiary/aromatic N) is 1. The highest BCUT2D eigenvalue weighted by Crippen LogP contribution is 2.21. The van der Waals surface area contributed by atoms with Crippen molar-refractivity contribution in [2.45, 2.75) is 59.4 Å². The van der Waals surface area contributed by atoms with Gasteiger partial charge >= 0.3 is 0 Å². The van der Waals surface area contributed by atoms with E-state index in [9.17, 15) is 14.4 Å². The minimum absolute atomic E-state index is 0.0711. The predicted molar refractivity (Wildman–Crippen MR) is 158 cm³/mol. The van der Waals surface area contributed by atoms with E-state index in [2.05, 4.69) is 10.6 Å². The van der Waals surface area contributed by atoms with Crippen molar-refractivity contribution in [3.8, 4) is 0 Å². The fourth-order valence-electron chi connectivity index (χ4n) is 4.84. The van der Waals surface area contributed by atoms with Crippen LogP contribution in [0.1, 0.15) is 71.9 Å². The summed E-state index contributed by atoms with van der Waals surface area (Å²) >= 11 is 0. The van der Waals surface area contributed by atoms with E-state index in [0.29, 0.717) is 37.1 Å². The van der Waals surface area contributed by atoms with Crippen LogP contribution in [0.25, 0.3) is 0 Å². The summed E-state index contributed by atoms with van der Waals surface area (Å²) < 4.78 is 0. The summed E-state index contributed by atoms with van der Waals surface area (Å²) in [6.45, 7) is 9.36. The Balaban J connectivity index is 1.85. The van der Waals surface area contributed by atoms with Crippen molar-refractivity contribution in [2.75, 3.05) is 18.4 Å². The maximum atomic E-state index is 13.5. The summed E-state index contributed by atoms with van der Waals surface area (Å²) in [5, 5.41) is 6.20. The highest BCUT2D eigenvalue weighted by atomic mass is 16.2. The molecule has 6 heteroatoms. The molecule has 0 bridgehead atoms. The molecule has 206 valence electrons. The van der Waals surface area contributed by atoms with Crippen LogP contribution in [0.15, 0.2) is 78.9 Å². The second-order valence-corrected chi connectivity index (χ2v) is 9.96. The SMILES string of the molecule is CCCN(CCC)C(=O)c1cccc(C(=O)N[C@H](Cc2ccccc2)[C@@H](CC)C(=O)Nc2ccccc2C)c1. The first-order valence-corrected chi connectivity index (χ1v) is 14.0. The van der Waals surface area contributed by atoms with Crippen molar-refractivity contribution in [3.05, 3.63) is 101 Å². The zero-order valence-electron chi connectivity index (χ0n) is 23.6. The molecule has 39 heavy (non-hydrogen) atoms. The highest BCUT2D eigenvalue weighted by molar-refractivity contribution is 6.00. The van der Waals surface area contributed by atoms with Crippen LogP contribution in [0, 0.1) is 12.8 Å². The lowest BCUT2D eigenvalue weighted by Gasteiger charge is -2.27. The van der Waals surface area contributed by atoms with E-state index < -0.39 is 12.0 Å². The molecule has 3 aromatic rings. The lowest BCUT2D eigenvalue weighted by Crippen LogP contribution is -2.46. The highest BCUT2D eigenvalue weighted by Gasteiger charge is 2.29. The first kappa shape index (κ1) is 29.6. The summed E-state index contributed by atoms with van der Waals surface area (Å²) in [6, 6.07) is 23.9. The van der Waals surface area contributed by atoms with Gasteiger partial charge in [-0.15, -0.1) is 0 Å². The molecule has 3 rings (SSSR count). The van der Waals surface area contributed by atoms with Crippen LogP contribution < -0.4 is 10.6 Å². The Morgan fingerprint density at radius 1 is 0.795 bits per heavy atom. The maximum absolute atomic E-state index is 13.5. The molecule has 0 fully saturated rings. The molecule has 6 nitrogen and oxygen atoms in total. The van der Waals surface area contributed by atoms with E-state index in [-0.39, 0.29) is 17.7 Å². The molecule has 0 aliphatic heterocycles. The first-order valence-electron chi connectivity index (χ1n) is 14.0. The molecular weight excluding hydrogens is 486 g/mol. The van der Waals surface area contributed by atoms with Crippen molar-refractivity contribution < 1.29 is 14.4 Å². The number of aryl methyl sites for hydroxylation is 1. The van der Waals surface area contributed by atoms with Gasteiger partial charge < -0.3 is 15.5 Å². The van der Waals surface area contributed by atoms with Crippen LogP contribution in [-0.4, -0.2) is 41.8 Å². The predicted octanol–water partition coefficient (Wildman–Crippen LogP) is 6.26. The Morgan fingerprint density at radius 3 is 2.08 bits per heavy atom. The quantitative estimate of drug-likeness (QED) is 0.275. The number of hydrogen-bond acceptors (Lipinski definition) is 3. The summed E-state index contributed by atoms with van der Waals surface area (Å²) in [5.41, 5.74) is 3.67. The molecule has 0 saturated carbocycles. The second kappa shape index (κ2) is 14.9. The van der Waals surface area contributed by atoms with Crippen LogP contribution in [0.4, 0.5) is 5.69 Å². The molecule has 2 atom stereocenters. The molecule has 0 aliphatic rings. The van der Waals surface area contributed by atoms with E-state index >= 15 is 0 Å². The van der Waals surface area contributed by atoms with Crippen LogP contribution in [0.2, 0.25) is 0 Å². The van der Waals surface area contributed by atoms with E-state index in [1.54, 1.807) is 24.3 Å². The first-order chi connectivity index (χ1) is 18.9. The van der Waals surface area contributed by atoms with Gasteiger partial charge in [-0.1, -0.05) is 75.4 Å². The monoisotopic (exact) mass is 527 g/mol. The number of benzene rings is 3. The lowest BCUT2D eigenvalue weighted by atomic mass is 9.90. The minimum Gasteiger partial charge on any atom is -0.348 e. The van der Waals surface area contributed by atoms with E-state index in [0.717, 1.165) is 29.7 Å². The van der Waals surface area contributed by atoms with Gasteiger partial charge in [0.25, 0.3) is 11.8 Å². The molecule has 0 aromatic heterocycles. The number of anilines is 1. The van der Waals surface area contributed by atoms with Gasteiger partial charge in [0.2, 0.25) is 5.91 Å². The fraction of sp³-hybridized carbons (Fsp3) is 0.364. The smallest absolute Gasteiger partial charge is 0.253 e. The zero-order chi connectivity index (χ0) is 28.2. The molecule has 0 spiro atoms. The van der Waals surface area contributed by atoms with Crippen molar-refractivity contribution in [2.24, 2.45) is 5.92 Å². The van der Waals surface area contributed by atoms with Crippen molar-refractivity contribution >= 4 is 23.4 Å². The molecule has 0 heterocycles. The van der Waals surface area contributed by atoms with Crippen molar-refractivity contribution in [3.63, 3.8) is 0 Å². The van der Waals surface area contributed by atoms with Gasteiger partial charge in [-0.25, -0.2) is 0 Å². The van der Waals surface area contributed by atoms with Crippen molar-refractivity contribution in [1.29, 1.82) is 0 Å². The third-order valence-corrected chi connectivity index (χ3v) is 6.93. The largest absolute Gasteiger partial charge is 0.348 e.